The molecule has 1 aromatic carbocycles. The molecule has 7 heteroatoms. The Bertz CT molecular complexity index is 400. The van der Waals surface area contributed by atoms with Gasteiger partial charge in [0, 0.05) is 11.0 Å². The predicted octanol–water partition coefficient (Wildman–Crippen LogP) is 4.02. The Balaban J connectivity index is 2.42. The van der Waals surface area contributed by atoms with Crippen LogP contribution in [0.1, 0.15) is 6.92 Å². The fourth-order valence-corrected chi connectivity index (χ4v) is 1.96. The molecule has 0 fully saturated rings. The van der Waals surface area contributed by atoms with Crippen LogP contribution < -0.4 is 10.1 Å². The first-order valence-corrected chi connectivity index (χ1v) is 6.34. The average Bonchev–Trinajstić information content (AvgIpc) is 2.20. The summed E-state index contributed by atoms with van der Waals surface area (Å²) in [5.74, 6) is 0.446. The smallest absolute Gasteiger partial charge is 0.401 e. The molecule has 1 rings (SSSR count). The van der Waals surface area contributed by atoms with Gasteiger partial charge in [-0.25, -0.2) is 0 Å². The summed E-state index contributed by atoms with van der Waals surface area (Å²) in [4.78, 5) is 0. The Morgan fingerprint density at radius 2 is 2.11 bits per heavy atom. The van der Waals surface area contributed by atoms with Gasteiger partial charge >= 0.3 is 6.18 Å². The molecule has 0 radical (unpaired) electrons. The Hall–Kier alpha value is -0.460. The summed E-state index contributed by atoms with van der Waals surface area (Å²) in [7, 11) is 0. The summed E-state index contributed by atoms with van der Waals surface area (Å²) in [5.41, 5.74) is 0. The monoisotopic (exact) mass is 345 g/mol. The van der Waals surface area contributed by atoms with Crippen LogP contribution in [0.15, 0.2) is 22.7 Å². The van der Waals surface area contributed by atoms with Crippen LogP contribution in [-0.2, 0) is 0 Å². The molecule has 0 aliphatic heterocycles. The third kappa shape index (κ3) is 5.93. The van der Waals surface area contributed by atoms with E-state index in [4.69, 9.17) is 16.3 Å². The zero-order valence-electron chi connectivity index (χ0n) is 9.52. The predicted molar refractivity (Wildman–Crippen MR) is 68.2 cm³/mol. The highest BCUT2D eigenvalue weighted by atomic mass is 79.9. The molecule has 0 heterocycles. The Morgan fingerprint density at radius 3 is 2.67 bits per heavy atom. The van der Waals surface area contributed by atoms with Crippen LogP contribution in [0, 0.1) is 0 Å². The topological polar surface area (TPSA) is 21.3 Å². The summed E-state index contributed by atoms with van der Waals surface area (Å²) < 4.78 is 42.0. The molecular weight excluding hydrogens is 334 g/mol. The van der Waals surface area contributed by atoms with Gasteiger partial charge in [0.2, 0.25) is 0 Å². The fourth-order valence-electron chi connectivity index (χ4n) is 1.25. The summed E-state index contributed by atoms with van der Waals surface area (Å²) in [6, 6.07) is 5.07. The van der Waals surface area contributed by atoms with Gasteiger partial charge in [0.1, 0.15) is 11.9 Å². The van der Waals surface area contributed by atoms with E-state index >= 15 is 0 Å². The molecule has 1 aromatic rings. The van der Waals surface area contributed by atoms with Crippen molar-refractivity contribution in [2.24, 2.45) is 0 Å². The molecule has 1 atom stereocenters. The van der Waals surface area contributed by atoms with Gasteiger partial charge < -0.3 is 10.1 Å². The van der Waals surface area contributed by atoms with Crippen molar-refractivity contribution in [2.45, 2.75) is 19.2 Å². The van der Waals surface area contributed by atoms with Crippen LogP contribution in [-0.4, -0.2) is 25.4 Å². The van der Waals surface area contributed by atoms with Gasteiger partial charge in [-0.15, -0.1) is 0 Å². The van der Waals surface area contributed by atoms with E-state index < -0.39 is 18.8 Å². The van der Waals surface area contributed by atoms with Crippen LogP contribution in [0.25, 0.3) is 0 Å². The maximum atomic E-state index is 11.9. The van der Waals surface area contributed by atoms with Crippen molar-refractivity contribution in [1.29, 1.82) is 0 Å². The number of hydrogen-bond acceptors (Lipinski definition) is 2. The molecule has 0 spiro atoms. The minimum atomic E-state index is -4.21. The summed E-state index contributed by atoms with van der Waals surface area (Å²) in [5, 5.41) is 2.68. The third-order valence-electron chi connectivity index (χ3n) is 1.98. The number of nitrogens with one attached hydrogen (secondary N) is 1. The van der Waals surface area contributed by atoms with Crippen LogP contribution >= 0.6 is 27.5 Å². The Morgan fingerprint density at radius 1 is 1.44 bits per heavy atom. The zero-order valence-corrected chi connectivity index (χ0v) is 11.9. The number of benzene rings is 1. The standard InChI is InChI=1S/C11H12BrClF3NO/c1-7(5-17-6-11(14,15)16)18-10-3-2-8(12)4-9(10)13/h2-4,7,17H,5-6H2,1H3. The molecule has 1 N–H and O–H groups in total. The first-order chi connectivity index (χ1) is 8.28. The quantitative estimate of drug-likeness (QED) is 0.869. The van der Waals surface area contributed by atoms with Crippen LogP contribution in [0.2, 0.25) is 5.02 Å². The second-order valence-corrected chi connectivity index (χ2v) is 5.07. The normalized spacial score (nSPS) is 13.4. The van der Waals surface area contributed by atoms with Crippen molar-refractivity contribution in [2.75, 3.05) is 13.1 Å². The van der Waals surface area contributed by atoms with Crippen molar-refractivity contribution in [1.82, 2.24) is 5.32 Å². The lowest BCUT2D eigenvalue weighted by Gasteiger charge is -2.17. The Labute approximate surface area is 117 Å². The van der Waals surface area contributed by atoms with Gasteiger partial charge in [-0.3, -0.25) is 0 Å². The molecule has 0 aliphatic carbocycles. The van der Waals surface area contributed by atoms with Gasteiger partial charge in [0.25, 0.3) is 0 Å². The second-order valence-electron chi connectivity index (χ2n) is 3.75. The van der Waals surface area contributed by atoms with Crippen LogP contribution in [0.4, 0.5) is 13.2 Å². The molecule has 1 unspecified atom stereocenters. The average molecular weight is 347 g/mol. The third-order valence-corrected chi connectivity index (χ3v) is 2.77. The molecule has 0 aromatic heterocycles. The van der Waals surface area contributed by atoms with E-state index in [0.717, 1.165) is 4.47 Å². The molecule has 0 bridgehead atoms. The van der Waals surface area contributed by atoms with E-state index in [-0.39, 0.29) is 6.54 Å². The maximum absolute atomic E-state index is 11.9. The number of alkyl halides is 3. The van der Waals surface area contributed by atoms with Gasteiger partial charge in [-0.05, 0) is 25.1 Å². The zero-order chi connectivity index (χ0) is 13.8. The minimum absolute atomic E-state index is 0.0892. The summed E-state index contributed by atoms with van der Waals surface area (Å²) in [6.07, 6.45) is -4.62. The van der Waals surface area contributed by atoms with Gasteiger partial charge in [0.05, 0.1) is 11.6 Å². The first kappa shape index (κ1) is 15.6. The molecule has 0 aliphatic rings. The van der Waals surface area contributed by atoms with Gasteiger partial charge in [-0.1, -0.05) is 27.5 Å². The van der Waals surface area contributed by atoms with Gasteiger partial charge in [-0.2, -0.15) is 13.2 Å². The lowest BCUT2D eigenvalue weighted by atomic mass is 10.3. The van der Waals surface area contributed by atoms with Crippen molar-refractivity contribution in [3.63, 3.8) is 0 Å². The Kier molecular flexibility index (Phi) is 5.75. The summed E-state index contributed by atoms with van der Waals surface area (Å²) in [6.45, 7) is 0.725. The van der Waals surface area contributed by atoms with Crippen molar-refractivity contribution < 1.29 is 17.9 Å². The highest BCUT2D eigenvalue weighted by Gasteiger charge is 2.26. The minimum Gasteiger partial charge on any atom is -0.488 e. The van der Waals surface area contributed by atoms with E-state index in [1.54, 1.807) is 25.1 Å². The highest BCUT2D eigenvalue weighted by Crippen LogP contribution is 2.28. The number of hydrogen-bond donors (Lipinski definition) is 1. The molecule has 18 heavy (non-hydrogen) atoms. The summed E-state index contributed by atoms with van der Waals surface area (Å²) >= 11 is 9.17. The van der Waals surface area contributed by atoms with E-state index in [1.165, 1.54) is 0 Å². The van der Waals surface area contributed by atoms with E-state index in [2.05, 4.69) is 21.2 Å². The maximum Gasteiger partial charge on any atom is 0.401 e. The van der Waals surface area contributed by atoms with Crippen molar-refractivity contribution >= 4 is 27.5 Å². The SMILES string of the molecule is CC(CNCC(F)(F)F)Oc1ccc(Br)cc1Cl. The van der Waals surface area contributed by atoms with E-state index in [1.807, 2.05) is 0 Å². The van der Waals surface area contributed by atoms with Crippen LogP contribution in [0.5, 0.6) is 5.75 Å². The number of ether oxygens (including phenoxy) is 1. The van der Waals surface area contributed by atoms with E-state index in [0.29, 0.717) is 10.8 Å². The molecule has 0 amide bonds. The fraction of sp³-hybridized carbons (Fsp3) is 0.455. The van der Waals surface area contributed by atoms with Crippen molar-refractivity contribution in [3.05, 3.63) is 27.7 Å². The molecule has 0 saturated carbocycles. The van der Waals surface area contributed by atoms with E-state index in [9.17, 15) is 13.2 Å². The molecular formula is C11H12BrClF3NO. The molecule has 102 valence electrons. The number of halogens is 5. The lowest BCUT2D eigenvalue weighted by molar-refractivity contribution is -0.125. The lowest BCUT2D eigenvalue weighted by Crippen LogP contribution is -2.35. The van der Waals surface area contributed by atoms with Crippen molar-refractivity contribution in [3.8, 4) is 5.75 Å². The largest absolute Gasteiger partial charge is 0.488 e. The molecule has 2 nitrogen and oxygen atoms in total. The second kappa shape index (κ2) is 6.63. The van der Waals surface area contributed by atoms with Gasteiger partial charge in [0.15, 0.2) is 0 Å². The molecule has 0 saturated heterocycles. The highest BCUT2D eigenvalue weighted by molar-refractivity contribution is 9.10. The number of rotatable bonds is 5. The van der Waals surface area contributed by atoms with Crippen LogP contribution in [0.3, 0.4) is 0 Å². The first-order valence-electron chi connectivity index (χ1n) is 5.17.